The van der Waals surface area contributed by atoms with Gasteiger partial charge in [-0.05, 0) is 0 Å². The van der Waals surface area contributed by atoms with Crippen molar-refractivity contribution in [1.29, 1.82) is 0 Å². The van der Waals surface area contributed by atoms with Crippen LogP contribution in [0, 0.1) is 0 Å². The summed E-state index contributed by atoms with van der Waals surface area (Å²) in [7, 11) is 2.12. The zero-order valence-corrected chi connectivity index (χ0v) is 10.2. The van der Waals surface area contributed by atoms with Crippen LogP contribution in [-0.2, 0) is 24.6 Å². The Morgan fingerprint density at radius 2 is 2.17 bits per heavy atom. The molecule has 1 atom stereocenters. The molecule has 0 bridgehead atoms. The quantitative estimate of drug-likeness (QED) is 0.669. The van der Waals surface area contributed by atoms with E-state index in [4.69, 9.17) is 0 Å². The predicted octanol–water partition coefficient (Wildman–Crippen LogP) is 1.57. The minimum atomic E-state index is 0.309. The third-order valence-electron chi connectivity index (χ3n) is 2.23. The molecule has 0 aromatic heterocycles. The average molecular weight is 252 g/mol. The molecule has 0 saturated heterocycles. The van der Waals surface area contributed by atoms with Crippen LogP contribution >= 0.6 is 0 Å². The number of hydrogen-bond acceptors (Lipinski definition) is 2. The summed E-state index contributed by atoms with van der Waals surface area (Å²) >= 11 is 1.59. The summed E-state index contributed by atoms with van der Waals surface area (Å²) < 4.78 is 0.309. The van der Waals surface area contributed by atoms with Crippen molar-refractivity contribution in [3.8, 4) is 0 Å². The maximum atomic E-state index is 10.7. The molecular formula is C9H18MoNO. The Morgan fingerprint density at radius 1 is 1.58 bits per heavy atom. The topological polar surface area (TPSA) is 20.3 Å². The van der Waals surface area contributed by atoms with Gasteiger partial charge in [0.15, 0.2) is 0 Å². The molecule has 0 amide bonds. The van der Waals surface area contributed by atoms with E-state index >= 15 is 0 Å². The van der Waals surface area contributed by atoms with Crippen LogP contribution in [0.2, 0.25) is 0 Å². The Bertz CT molecular complexity index is 138. The number of carbonyl (C=O) groups excluding carboxylic acids is 1. The summed E-state index contributed by atoms with van der Waals surface area (Å²) in [5.74, 6) is 0. The first-order chi connectivity index (χ1) is 5.57. The Morgan fingerprint density at radius 3 is 2.58 bits per heavy atom. The first-order valence-corrected chi connectivity index (χ1v) is 5.48. The second-order valence-electron chi connectivity index (χ2n) is 3.21. The molecule has 0 heterocycles. The SMILES string of the molecule is CCC(C)N(C)CCC[C](=O)[Mo]. The monoisotopic (exact) mass is 254 g/mol. The van der Waals surface area contributed by atoms with E-state index < -0.39 is 0 Å². The average Bonchev–Trinajstić information content (AvgIpc) is 2.02. The van der Waals surface area contributed by atoms with Crippen molar-refractivity contribution in [1.82, 2.24) is 4.90 Å². The van der Waals surface area contributed by atoms with Crippen molar-refractivity contribution in [2.24, 2.45) is 0 Å². The van der Waals surface area contributed by atoms with Gasteiger partial charge in [0.2, 0.25) is 0 Å². The molecule has 0 aromatic rings. The fraction of sp³-hybridized carbons (Fsp3) is 0.889. The Kier molecular flexibility index (Phi) is 6.97. The van der Waals surface area contributed by atoms with Crippen molar-refractivity contribution >= 4 is 4.17 Å². The number of nitrogens with zero attached hydrogens (tertiary/aromatic N) is 1. The molecule has 0 saturated carbocycles. The molecule has 0 aliphatic heterocycles. The molecule has 3 heteroatoms. The van der Waals surface area contributed by atoms with E-state index in [1.165, 1.54) is 6.42 Å². The molecule has 0 aliphatic carbocycles. The molecule has 0 spiro atoms. The van der Waals surface area contributed by atoms with Crippen LogP contribution in [0.15, 0.2) is 0 Å². The van der Waals surface area contributed by atoms with E-state index in [9.17, 15) is 4.79 Å². The van der Waals surface area contributed by atoms with Gasteiger partial charge in [0.25, 0.3) is 0 Å². The van der Waals surface area contributed by atoms with E-state index in [0.717, 1.165) is 19.4 Å². The van der Waals surface area contributed by atoms with Crippen molar-refractivity contribution in [2.45, 2.75) is 39.2 Å². The van der Waals surface area contributed by atoms with Gasteiger partial charge in [0.1, 0.15) is 0 Å². The summed E-state index contributed by atoms with van der Waals surface area (Å²) in [6, 6.07) is 0.637. The normalized spacial score (nSPS) is 13.3. The fourth-order valence-corrected chi connectivity index (χ4v) is 1.36. The summed E-state index contributed by atoms with van der Waals surface area (Å²) in [6.45, 7) is 5.44. The molecule has 0 fully saturated rings. The molecule has 2 nitrogen and oxygen atoms in total. The van der Waals surface area contributed by atoms with Gasteiger partial charge >= 0.3 is 86.4 Å². The standard InChI is InChI=1S/C9H18NO.Mo/c1-4-9(2)10(3)7-5-6-8-11;/h9H,4-7H2,1-3H3;. The van der Waals surface area contributed by atoms with E-state index in [2.05, 4.69) is 25.8 Å². The molecule has 0 N–H and O–H groups in total. The maximum absolute atomic E-state index is 10.7. The fourth-order valence-electron chi connectivity index (χ4n) is 1.00. The van der Waals surface area contributed by atoms with Gasteiger partial charge in [0.05, 0.1) is 0 Å². The zero-order chi connectivity index (χ0) is 9.56. The number of carbonyl (C=O) groups is 1. The molecule has 0 radical (unpaired) electrons. The van der Waals surface area contributed by atoms with Crippen LogP contribution in [0.1, 0.15) is 33.1 Å². The van der Waals surface area contributed by atoms with E-state index in [1.807, 2.05) is 0 Å². The Labute approximate surface area is 86.6 Å². The first kappa shape index (κ1) is 12.3. The minimum absolute atomic E-state index is 0.309. The third kappa shape index (κ3) is 5.90. The first-order valence-electron chi connectivity index (χ1n) is 4.48. The van der Waals surface area contributed by atoms with Gasteiger partial charge in [-0.25, -0.2) is 0 Å². The van der Waals surface area contributed by atoms with Gasteiger partial charge in [-0.3, -0.25) is 0 Å². The van der Waals surface area contributed by atoms with Crippen LogP contribution in [0.5, 0.6) is 0 Å². The predicted molar refractivity (Wildman–Crippen MR) is 46.6 cm³/mol. The third-order valence-corrected chi connectivity index (χ3v) is 2.74. The van der Waals surface area contributed by atoms with Crippen LogP contribution in [0.4, 0.5) is 0 Å². The van der Waals surface area contributed by atoms with E-state index in [-0.39, 0.29) is 0 Å². The number of hydrogen-bond donors (Lipinski definition) is 0. The number of rotatable bonds is 6. The van der Waals surface area contributed by atoms with Gasteiger partial charge in [-0.15, -0.1) is 0 Å². The molecular weight excluding hydrogens is 234 g/mol. The molecule has 0 rings (SSSR count). The second kappa shape index (κ2) is 6.79. The summed E-state index contributed by atoms with van der Waals surface area (Å²) in [4.78, 5) is 13.0. The second-order valence-corrected chi connectivity index (χ2v) is 4.33. The van der Waals surface area contributed by atoms with E-state index in [0.29, 0.717) is 10.2 Å². The van der Waals surface area contributed by atoms with E-state index in [1.54, 1.807) is 19.8 Å². The molecule has 71 valence electrons. The van der Waals surface area contributed by atoms with Crippen molar-refractivity contribution in [2.75, 3.05) is 13.6 Å². The summed E-state index contributed by atoms with van der Waals surface area (Å²) in [6.07, 6.45) is 2.90. The van der Waals surface area contributed by atoms with Gasteiger partial charge < -0.3 is 0 Å². The molecule has 0 aromatic carbocycles. The van der Waals surface area contributed by atoms with Crippen molar-refractivity contribution in [3.63, 3.8) is 0 Å². The Balaban J connectivity index is 3.43. The van der Waals surface area contributed by atoms with Gasteiger partial charge in [0, 0.05) is 0 Å². The molecule has 12 heavy (non-hydrogen) atoms. The molecule has 0 aliphatic rings. The Hall–Kier alpha value is 0.318. The van der Waals surface area contributed by atoms with Gasteiger partial charge in [-0.2, -0.15) is 0 Å². The van der Waals surface area contributed by atoms with Crippen molar-refractivity contribution < 1.29 is 24.6 Å². The van der Waals surface area contributed by atoms with Crippen molar-refractivity contribution in [3.05, 3.63) is 0 Å². The van der Waals surface area contributed by atoms with Crippen LogP contribution in [-0.4, -0.2) is 28.7 Å². The zero-order valence-electron chi connectivity index (χ0n) is 8.17. The summed E-state index contributed by atoms with van der Waals surface area (Å²) in [5, 5.41) is 0. The van der Waals surface area contributed by atoms with Crippen LogP contribution < -0.4 is 0 Å². The molecule has 1 unspecified atom stereocenters. The van der Waals surface area contributed by atoms with Gasteiger partial charge in [-0.1, -0.05) is 0 Å². The van der Waals surface area contributed by atoms with Crippen LogP contribution in [0.25, 0.3) is 0 Å². The summed E-state index contributed by atoms with van der Waals surface area (Å²) in [5.41, 5.74) is 0. The van der Waals surface area contributed by atoms with Crippen LogP contribution in [0.3, 0.4) is 0 Å².